The maximum absolute atomic E-state index is 12.3. The molecule has 20 heavy (non-hydrogen) atoms. The Morgan fingerprint density at radius 3 is 2.65 bits per heavy atom. The highest BCUT2D eigenvalue weighted by Crippen LogP contribution is 2.25. The van der Waals surface area contributed by atoms with Crippen LogP contribution in [-0.2, 0) is 13.0 Å². The summed E-state index contributed by atoms with van der Waals surface area (Å²) in [6.45, 7) is 2.50. The molecule has 0 saturated carbocycles. The third kappa shape index (κ3) is 4.23. The van der Waals surface area contributed by atoms with Crippen LogP contribution >= 0.6 is 11.3 Å². The molecule has 0 spiro atoms. The number of halogens is 3. The summed E-state index contributed by atoms with van der Waals surface area (Å²) in [6.07, 6.45) is -4.93. The van der Waals surface area contributed by atoms with Gasteiger partial charge in [-0.1, -0.05) is 18.2 Å². The number of alkyl halides is 3. The molecule has 2 rings (SSSR count). The van der Waals surface area contributed by atoms with Crippen LogP contribution in [-0.4, -0.2) is 11.2 Å². The summed E-state index contributed by atoms with van der Waals surface area (Å²) < 4.78 is 36.9. The number of aromatic nitrogens is 1. The summed E-state index contributed by atoms with van der Waals surface area (Å²) in [5.41, 5.74) is 4.16. The van der Waals surface area contributed by atoms with Gasteiger partial charge in [0.1, 0.15) is 0 Å². The molecule has 1 heterocycles. The number of thiazole rings is 1. The molecule has 108 valence electrons. The number of para-hydroxylation sites is 1. The second kappa shape index (κ2) is 6.26. The first kappa shape index (κ1) is 14.8. The van der Waals surface area contributed by atoms with Crippen molar-refractivity contribution < 1.29 is 13.2 Å². The number of benzene rings is 1. The number of aryl methyl sites for hydroxylation is 2. The summed E-state index contributed by atoms with van der Waals surface area (Å²) in [4.78, 5) is 5.24. The van der Waals surface area contributed by atoms with E-state index in [1.165, 1.54) is 11.3 Å². The van der Waals surface area contributed by atoms with Gasteiger partial charge in [0.05, 0.1) is 17.7 Å². The summed E-state index contributed by atoms with van der Waals surface area (Å²) in [6, 6.07) is 7.11. The lowest BCUT2D eigenvalue weighted by Gasteiger charge is -2.12. The van der Waals surface area contributed by atoms with E-state index in [4.69, 9.17) is 0 Å². The van der Waals surface area contributed by atoms with Gasteiger partial charge in [-0.05, 0) is 25.0 Å². The van der Waals surface area contributed by atoms with Gasteiger partial charge in [-0.2, -0.15) is 13.2 Å². The number of rotatable bonds is 5. The molecule has 2 aromatic rings. The predicted octanol–water partition coefficient (Wildman–Crippen LogP) is 4.56. The summed E-state index contributed by atoms with van der Waals surface area (Å²) in [7, 11) is 0. The van der Waals surface area contributed by atoms with Gasteiger partial charge in [-0.3, -0.25) is 0 Å². The third-order valence-electron chi connectivity index (χ3n) is 2.98. The van der Waals surface area contributed by atoms with E-state index in [0.29, 0.717) is 12.1 Å². The van der Waals surface area contributed by atoms with Crippen molar-refractivity contribution in [2.24, 2.45) is 0 Å². The highest BCUT2D eigenvalue weighted by atomic mass is 32.1. The minimum absolute atomic E-state index is 0.00561. The number of hydrogen-bond donors (Lipinski definition) is 1. The lowest BCUT2D eigenvalue weighted by atomic mass is 10.1. The predicted molar refractivity (Wildman–Crippen MR) is 75.0 cm³/mol. The van der Waals surface area contributed by atoms with Crippen molar-refractivity contribution in [2.75, 3.05) is 5.32 Å². The van der Waals surface area contributed by atoms with Crippen LogP contribution in [0.1, 0.15) is 22.6 Å². The highest BCUT2D eigenvalue weighted by molar-refractivity contribution is 7.09. The van der Waals surface area contributed by atoms with E-state index in [-0.39, 0.29) is 6.42 Å². The summed E-state index contributed by atoms with van der Waals surface area (Å²) in [5, 5.41) is 3.20. The molecule has 2 nitrogen and oxygen atoms in total. The molecule has 0 aliphatic carbocycles. The van der Waals surface area contributed by atoms with Gasteiger partial charge in [0, 0.05) is 17.0 Å². The molecule has 0 saturated heterocycles. The Morgan fingerprint density at radius 2 is 2.00 bits per heavy atom. The minimum Gasteiger partial charge on any atom is -0.380 e. The first-order chi connectivity index (χ1) is 9.46. The zero-order chi connectivity index (χ0) is 14.6. The number of hydrogen-bond acceptors (Lipinski definition) is 3. The fourth-order valence-electron chi connectivity index (χ4n) is 1.86. The third-order valence-corrected chi connectivity index (χ3v) is 3.91. The van der Waals surface area contributed by atoms with Crippen LogP contribution in [0.5, 0.6) is 0 Å². The number of anilines is 1. The van der Waals surface area contributed by atoms with Crippen molar-refractivity contribution in [2.45, 2.75) is 32.5 Å². The van der Waals surface area contributed by atoms with E-state index in [0.717, 1.165) is 16.3 Å². The van der Waals surface area contributed by atoms with E-state index in [1.807, 2.05) is 19.1 Å². The Morgan fingerprint density at radius 1 is 1.25 bits per heavy atom. The monoisotopic (exact) mass is 300 g/mol. The van der Waals surface area contributed by atoms with Gasteiger partial charge >= 0.3 is 6.18 Å². The fourth-order valence-corrected chi connectivity index (χ4v) is 2.58. The molecular formula is C14H15F3N2S. The Bertz CT molecular complexity index is 564. The molecular weight excluding hydrogens is 285 g/mol. The van der Waals surface area contributed by atoms with E-state index in [9.17, 15) is 13.2 Å². The smallest absolute Gasteiger partial charge is 0.380 e. The molecule has 0 atom stereocenters. The van der Waals surface area contributed by atoms with Crippen molar-refractivity contribution in [3.05, 3.63) is 45.9 Å². The molecule has 0 fully saturated rings. The van der Waals surface area contributed by atoms with Gasteiger partial charge in [0.25, 0.3) is 0 Å². The van der Waals surface area contributed by atoms with E-state index in [2.05, 4.69) is 10.3 Å². The SMILES string of the molecule is Cc1ncsc1CNc1ccccc1CCC(F)(F)F. The maximum Gasteiger partial charge on any atom is 0.389 e. The Kier molecular flexibility index (Phi) is 4.65. The number of nitrogens with one attached hydrogen (secondary N) is 1. The molecule has 0 radical (unpaired) electrons. The van der Waals surface area contributed by atoms with Crippen LogP contribution in [0.2, 0.25) is 0 Å². The lowest BCUT2D eigenvalue weighted by molar-refractivity contribution is -0.133. The molecule has 0 aliphatic heterocycles. The first-order valence-corrected chi connectivity index (χ1v) is 7.11. The summed E-state index contributed by atoms with van der Waals surface area (Å²) >= 11 is 1.54. The van der Waals surface area contributed by atoms with Crippen LogP contribution in [0.15, 0.2) is 29.8 Å². The molecule has 1 N–H and O–H groups in total. The number of nitrogens with zero attached hydrogens (tertiary/aromatic N) is 1. The second-order valence-corrected chi connectivity index (χ2v) is 5.43. The first-order valence-electron chi connectivity index (χ1n) is 6.23. The molecule has 1 aromatic heterocycles. The van der Waals surface area contributed by atoms with Gasteiger partial charge in [-0.25, -0.2) is 4.98 Å². The van der Waals surface area contributed by atoms with Crippen molar-refractivity contribution >= 4 is 17.0 Å². The zero-order valence-corrected chi connectivity index (χ0v) is 11.8. The normalized spacial score (nSPS) is 11.6. The summed E-state index contributed by atoms with van der Waals surface area (Å²) in [5.74, 6) is 0. The maximum atomic E-state index is 12.3. The van der Waals surface area contributed by atoms with Crippen LogP contribution in [0.4, 0.5) is 18.9 Å². The van der Waals surface area contributed by atoms with E-state index < -0.39 is 12.6 Å². The molecule has 1 aromatic carbocycles. The Balaban J connectivity index is 2.02. The van der Waals surface area contributed by atoms with Crippen LogP contribution in [0.3, 0.4) is 0 Å². The van der Waals surface area contributed by atoms with Crippen molar-refractivity contribution in [1.29, 1.82) is 0 Å². The zero-order valence-electron chi connectivity index (χ0n) is 11.0. The van der Waals surface area contributed by atoms with Crippen LogP contribution < -0.4 is 5.32 Å². The van der Waals surface area contributed by atoms with E-state index >= 15 is 0 Å². The van der Waals surface area contributed by atoms with Gasteiger partial charge in [-0.15, -0.1) is 11.3 Å². The lowest BCUT2D eigenvalue weighted by Crippen LogP contribution is -2.10. The molecule has 0 aliphatic rings. The van der Waals surface area contributed by atoms with Gasteiger partial charge in [0.2, 0.25) is 0 Å². The van der Waals surface area contributed by atoms with Crippen molar-refractivity contribution in [3.8, 4) is 0 Å². The second-order valence-electron chi connectivity index (χ2n) is 4.49. The van der Waals surface area contributed by atoms with Crippen molar-refractivity contribution in [3.63, 3.8) is 0 Å². The molecule has 0 unspecified atom stereocenters. The van der Waals surface area contributed by atoms with Gasteiger partial charge in [0.15, 0.2) is 0 Å². The van der Waals surface area contributed by atoms with Crippen LogP contribution in [0, 0.1) is 6.92 Å². The largest absolute Gasteiger partial charge is 0.389 e. The Labute approximate surface area is 119 Å². The average molecular weight is 300 g/mol. The van der Waals surface area contributed by atoms with Gasteiger partial charge < -0.3 is 5.32 Å². The topological polar surface area (TPSA) is 24.9 Å². The van der Waals surface area contributed by atoms with Crippen LogP contribution in [0.25, 0.3) is 0 Å². The van der Waals surface area contributed by atoms with E-state index in [1.54, 1.807) is 17.6 Å². The molecule has 0 bridgehead atoms. The minimum atomic E-state index is -4.12. The highest BCUT2D eigenvalue weighted by Gasteiger charge is 2.26. The molecule has 6 heteroatoms. The quantitative estimate of drug-likeness (QED) is 0.875. The standard InChI is InChI=1S/C14H15F3N2S/c1-10-13(20-9-19-10)8-18-12-5-3-2-4-11(12)6-7-14(15,16)17/h2-5,9,18H,6-8H2,1H3. The fraction of sp³-hybridized carbons (Fsp3) is 0.357. The molecule has 0 amide bonds. The average Bonchev–Trinajstić information content (AvgIpc) is 2.79. The Hall–Kier alpha value is -1.56. The van der Waals surface area contributed by atoms with Crippen molar-refractivity contribution in [1.82, 2.24) is 4.98 Å².